The fraction of sp³-hybridized carbons (Fsp3) is 0.471. The predicted molar refractivity (Wildman–Crippen MR) is 113 cm³/mol. The zero-order chi connectivity index (χ0) is 21.4. The van der Waals surface area contributed by atoms with Crippen molar-refractivity contribution >= 4 is 45.9 Å². The minimum Gasteiger partial charge on any atom is -0.395 e. The zero-order valence-electron chi connectivity index (χ0n) is 16.3. The van der Waals surface area contributed by atoms with Crippen molar-refractivity contribution in [2.24, 2.45) is 0 Å². The van der Waals surface area contributed by atoms with Gasteiger partial charge < -0.3 is 20.0 Å². The van der Waals surface area contributed by atoms with Crippen molar-refractivity contribution in [3.8, 4) is 0 Å². The fourth-order valence-electron chi connectivity index (χ4n) is 2.34. The third kappa shape index (κ3) is 6.75. The summed E-state index contributed by atoms with van der Waals surface area (Å²) in [6.07, 6.45) is 2.89. The van der Waals surface area contributed by atoms with Crippen LogP contribution in [0.3, 0.4) is 0 Å². The standard InChI is InChI=1S/C17H23N5O5S2/c1-21(2)17-19-11(10-29-17)6-8-18-15(23)12(7-9-28-3)20-16(24)13-4-5-14(27-13)22(25)26/h4-5,10,12H,6-9H2,1-3H3,(H,18,23)(H,20,24). The number of carbonyl (C=O) groups is 2. The summed E-state index contributed by atoms with van der Waals surface area (Å²) in [6, 6.07) is 1.54. The molecule has 0 radical (unpaired) electrons. The van der Waals surface area contributed by atoms with E-state index in [4.69, 9.17) is 4.42 Å². The molecule has 1 unspecified atom stereocenters. The highest BCUT2D eigenvalue weighted by atomic mass is 32.2. The topological polar surface area (TPSA) is 131 Å². The van der Waals surface area contributed by atoms with Gasteiger partial charge in [0.2, 0.25) is 5.91 Å². The van der Waals surface area contributed by atoms with E-state index in [1.807, 2.05) is 30.6 Å². The van der Waals surface area contributed by atoms with Crippen LogP contribution in [0.2, 0.25) is 0 Å². The Balaban J connectivity index is 1.91. The Morgan fingerprint density at radius 2 is 2.17 bits per heavy atom. The molecule has 10 nitrogen and oxygen atoms in total. The molecular formula is C17H23N5O5S2. The Bertz CT molecular complexity index is 851. The third-order valence-electron chi connectivity index (χ3n) is 3.83. The average Bonchev–Trinajstić information content (AvgIpc) is 3.34. The van der Waals surface area contributed by atoms with Crippen molar-refractivity contribution in [3.05, 3.63) is 39.1 Å². The van der Waals surface area contributed by atoms with E-state index in [-0.39, 0.29) is 11.7 Å². The van der Waals surface area contributed by atoms with Gasteiger partial charge in [-0.15, -0.1) is 11.3 Å². The molecule has 2 rings (SSSR count). The van der Waals surface area contributed by atoms with Gasteiger partial charge in [0.1, 0.15) is 11.0 Å². The maximum absolute atomic E-state index is 12.5. The van der Waals surface area contributed by atoms with Gasteiger partial charge in [-0.3, -0.25) is 19.7 Å². The number of hydrogen-bond donors (Lipinski definition) is 2. The first-order valence-corrected chi connectivity index (χ1v) is 11.0. The van der Waals surface area contributed by atoms with Gasteiger partial charge in [-0.2, -0.15) is 11.8 Å². The second kappa shape index (κ2) is 10.8. The second-order valence-corrected chi connectivity index (χ2v) is 8.08. The van der Waals surface area contributed by atoms with Crippen LogP contribution in [0, 0.1) is 10.1 Å². The van der Waals surface area contributed by atoms with Crippen molar-refractivity contribution < 1.29 is 18.9 Å². The lowest BCUT2D eigenvalue weighted by Gasteiger charge is -2.17. The maximum atomic E-state index is 12.5. The van der Waals surface area contributed by atoms with E-state index in [1.165, 1.54) is 17.4 Å². The Hall–Kier alpha value is -2.60. The zero-order valence-corrected chi connectivity index (χ0v) is 18.0. The molecule has 0 aliphatic heterocycles. The van der Waals surface area contributed by atoms with E-state index in [0.29, 0.717) is 25.1 Å². The number of rotatable bonds is 11. The van der Waals surface area contributed by atoms with Crippen LogP contribution >= 0.6 is 23.1 Å². The van der Waals surface area contributed by atoms with Crippen molar-refractivity contribution in [2.45, 2.75) is 18.9 Å². The normalized spacial score (nSPS) is 11.7. The summed E-state index contributed by atoms with van der Waals surface area (Å²) in [5.74, 6) is -1.07. The number of thiazole rings is 1. The van der Waals surface area contributed by atoms with Gasteiger partial charge in [-0.05, 0) is 24.5 Å². The number of nitrogens with zero attached hydrogens (tertiary/aromatic N) is 3. The van der Waals surface area contributed by atoms with Crippen LogP contribution in [0.25, 0.3) is 0 Å². The fourth-order valence-corrected chi connectivity index (χ4v) is 3.60. The molecule has 2 amide bonds. The largest absolute Gasteiger partial charge is 0.433 e. The lowest BCUT2D eigenvalue weighted by atomic mass is 10.2. The first kappa shape index (κ1) is 22.7. The smallest absolute Gasteiger partial charge is 0.395 e. The Kier molecular flexibility index (Phi) is 8.46. The van der Waals surface area contributed by atoms with E-state index in [2.05, 4.69) is 15.6 Å². The van der Waals surface area contributed by atoms with Crippen LogP contribution in [-0.2, 0) is 11.2 Å². The highest BCUT2D eigenvalue weighted by Gasteiger charge is 2.24. The second-order valence-electron chi connectivity index (χ2n) is 6.26. The summed E-state index contributed by atoms with van der Waals surface area (Å²) >= 11 is 3.08. The number of nitro groups is 1. The molecule has 0 bridgehead atoms. The van der Waals surface area contributed by atoms with E-state index in [9.17, 15) is 19.7 Å². The Morgan fingerprint density at radius 3 is 2.76 bits per heavy atom. The summed E-state index contributed by atoms with van der Waals surface area (Å²) in [5.41, 5.74) is 0.881. The van der Waals surface area contributed by atoms with Crippen LogP contribution in [0.1, 0.15) is 22.7 Å². The monoisotopic (exact) mass is 441 g/mol. The number of hydrogen-bond acceptors (Lipinski definition) is 9. The molecule has 0 saturated heterocycles. The van der Waals surface area contributed by atoms with Gasteiger partial charge >= 0.3 is 5.88 Å². The van der Waals surface area contributed by atoms with Crippen LogP contribution in [0.5, 0.6) is 0 Å². The summed E-state index contributed by atoms with van der Waals surface area (Å²) < 4.78 is 4.89. The van der Waals surface area contributed by atoms with Crippen LogP contribution in [-0.4, -0.2) is 60.4 Å². The highest BCUT2D eigenvalue weighted by Crippen LogP contribution is 2.18. The minimum atomic E-state index is -0.771. The Labute approximate surface area is 176 Å². The van der Waals surface area contributed by atoms with Gasteiger partial charge in [-0.1, -0.05) is 0 Å². The molecule has 12 heteroatoms. The number of aromatic nitrogens is 1. The molecule has 2 aromatic heterocycles. The minimum absolute atomic E-state index is 0.211. The molecule has 2 N–H and O–H groups in total. The molecule has 0 aliphatic rings. The van der Waals surface area contributed by atoms with Crippen molar-refractivity contribution in [3.63, 3.8) is 0 Å². The summed E-state index contributed by atoms with van der Waals surface area (Å²) in [4.78, 5) is 41.2. The lowest BCUT2D eigenvalue weighted by Crippen LogP contribution is -2.47. The van der Waals surface area contributed by atoms with Gasteiger partial charge in [0.25, 0.3) is 5.91 Å². The molecule has 158 valence electrons. The maximum Gasteiger partial charge on any atom is 0.433 e. The van der Waals surface area contributed by atoms with Crippen molar-refractivity contribution in [1.29, 1.82) is 0 Å². The van der Waals surface area contributed by atoms with Crippen molar-refractivity contribution in [2.75, 3.05) is 37.5 Å². The lowest BCUT2D eigenvalue weighted by molar-refractivity contribution is -0.402. The predicted octanol–water partition coefficient (Wildman–Crippen LogP) is 1.92. The summed E-state index contributed by atoms with van der Waals surface area (Å²) in [5, 5.41) is 18.9. The average molecular weight is 442 g/mol. The Morgan fingerprint density at radius 1 is 1.41 bits per heavy atom. The first-order chi connectivity index (χ1) is 13.8. The number of carbonyl (C=O) groups excluding carboxylic acids is 2. The van der Waals surface area contributed by atoms with Gasteiger partial charge in [0, 0.05) is 32.4 Å². The third-order valence-corrected chi connectivity index (χ3v) is 5.53. The molecule has 0 spiro atoms. The van der Waals surface area contributed by atoms with Gasteiger partial charge in [0.05, 0.1) is 11.8 Å². The quantitative estimate of drug-likeness (QED) is 0.399. The molecule has 0 fully saturated rings. The molecule has 0 aromatic carbocycles. The van der Waals surface area contributed by atoms with E-state index >= 15 is 0 Å². The number of thioether (sulfide) groups is 1. The molecule has 2 heterocycles. The SMILES string of the molecule is CSCCC(NC(=O)c1ccc([N+](=O)[O-])o1)C(=O)NCCc1csc(N(C)C)n1. The highest BCUT2D eigenvalue weighted by molar-refractivity contribution is 7.98. The van der Waals surface area contributed by atoms with E-state index < -0.39 is 22.8 Å². The number of furan rings is 1. The molecule has 1 atom stereocenters. The van der Waals surface area contributed by atoms with Crippen molar-refractivity contribution in [1.82, 2.24) is 15.6 Å². The summed E-state index contributed by atoms with van der Waals surface area (Å²) in [7, 11) is 3.83. The number of anilines is 1. The molecule has 2 aromatic rings. The van der Waals surface area contributed by atoms with Crippen LogP contribution in [0.4, 0.5) is 11.0 Å². The van der Waals surface area contributed by atoms with Crippen LogP contribution < -0.4 is 15.5 Å². The molecule has 0 saturated carbocycles. The molecule has 0 aliphatic carbocycles. The number of nitrogens with one attached hydrogen (secondary N) is 2. The van der Waals surface area contributed by atoms with Gasteiger partial charge in [0.15, 0.2) is 10.9 Å². The molecule has 29 heavy (non-hydrogen) atoms. The first-order valence-electron chi connectivity index (χ1n) is 8.75. The van der Waals surface area contributed by atoms with E-state index in [1.54, 1.807) is 11.8 Å². The van der Waals surface area contributed by atoms with Gasteiger partial charge in [-0.25, -0.2) is 4.98 Å². The van der Waals surface area contributed by atoms with E-state index in [0.717, 1.165) is 16.9 Å². The number of amides is 2. The molecular weight excluding hydrogens is 418 g/mol. The van der Waals surface area contributed by atoms with Crippen LogP contribution in [0.15, 0.2) is 21.9 Å². The summed E-state index contributed by atoms with van der Waals surface area (Å²) in [6.45, 7) is 0.382.